The fourth-order valence-corrected chi connectivity index (χ4v) is 4.22. The molecule has 0 aliphatic heterocycles. The van der Waals surface area contributed by atoms with Crippen LogP contribution in [0.25, 0.3) is 0 Å². The third-order valence-electron chi connectivity index (χ3n) is 5.85. The Bertz CT molecular complexity index is 1120. The lowest BCUT2D eigenvalue weighted by atomic mass is 9.97. The van der Waals surface area contributed by atoms with E-state index >= 15 is 0 Å². The largest absolute Gasteiger partial charge is 0.463 e. The van der Waals surface area contributed by atoms with Gasteiger partial charge in [0.15, 0.2) is 0 Å². The Labute approximate surface area is 192 Å². The monoisotopic (exact) mass is 456 g/mol. The third-order valence-corrected chi connectivity index (χ3v) is 6.30. The highest BCUT2D eigenvalue weighted by molar-refractivity contribution is 6.33. The summed E-state index contributed by atoms with van der Waals surface area (Å²) in [4.78, 5) is 26.4. The van der Waals surface area contributed by atoms with E-state index < -0.39 is 11.7 Å². The molecule has 0 heterocycles. The summed E-state index contributed by atoms with van der Waals surface area (Å²) < 4.78 is 20.3. The van der Waals surface area contributed by atoms with Crippen molar-refractivity contribution < 1.29 is 18.7 Å². The lowest BCUT2D eigenvalue weighted by molar-refractivity contribution is -0.106. The zero-order chi connectivity index (χ0) is 23.4. The fraction of sp³-hybridized carbons (Fsp3) is 0.320. The first-order valence-corrected chi connectivity index (χ1v) is 10.8. The Morgan fingerprint density at radius 3 is 2.75 bits per heavy atom. The predicted octanol–water partition coefficient (Wildman–Crippen LogP) is 5.34. The molecule has 32 heavy (non-hydrogen) atoms. The Kier molecular flexibility index (Phi) is 7.46. The van der Waals surface area contributed by atoms with Crippen molar-refractivity contribution in [2.24, 2.45) is 10.9 Å². The molecule has 2 amide bonds. The van der Waals surface area contributed by atoms with Gasteiger partial charge in [-0.3, -0.25) is 9.59 Å². The maximum atomic E-state index is 14.3. The van der Waals surface area contributed by atoms with Gasteiger partial charge in [-0.15, -0.1) is 0 Å². The number of nitrogens with one attached hydrogen (secondary N) is 1. The number of aryl methyl sites for hydroxylation is 1. The van der Waals surface area contributed by atoms with Gasteiger partial charge in [-0.25, -0.2) is 9.38 Å². The summed E-state index contributed by atoms with van der Waals surface area (Å²) in [5, 5.41) is 2.91. The number of halogens is 2. The van der Waals surface area contributed by atoms with Gasteiger partial charge in [0.1, 0.15) is 11.6 Å². The van der Waals surface area contributed by atoms with Gasteiger partial charge in [-0.1, -0.05) is 30.7 Å². The van der Waals surface area contributed by atoms with Crippen LogP contribution in [0, 0.1) is 25.6 Å². The van der Waals surface area contributed by atoms with Gasteiger partial charge in [-0.05, 0) is 73.4 Å². The highest BCUT2D eigenvalue weighted by Gasteiger charge is 2.24. The molecule has 2 aromatic carbocycles. The number of aliphatic imine (C=N–C) groups is 1. The van der Waals surface area contributed by atoms with Crippen molar-refractivity contribution >= 4 is 29.6 Å². The number of ether oxygens (including phenoxy) is 1. The molecule has 1 atom stereocenters. The fourth-order valence-electron chi connectivity index (χ4n) is 3.90. The highest BCUT2D eigenvalue weighted by atomic mass is 35.5. The van der Waals surface area contributed by atoms with Gasteiger partial charge in [0.05, 0.1) is 22.6 Å². The molecule has 1 aliphatic rings. The molecule has 0 aromatic heterocycles. The van der Waals surface area contributed by atoms with Crippen molar-refractivity contribution in [2.45, 2.75) is 40.0 Å². The minimum Gasteiger partial charge on any atom is -0.463 e. The van der Waals surface area contributed by atoms with Crippen molar-refractivity contribution in [3.05, 3.63) is 74.8 Å². The number of nitrogens with zero attached hydrogens (tertiary/aromatic N) is 1. The summed E-state index contributed by atoms with van der Waals surface area (Å²) in [6, 6.07) is 6.56. The van der Waals surface area contributed by atoms with E-state index in [1.807, 2.05) is 19.9 Å². The molecule has 0 saturated heterocycles. The normalized spacial score (nSPS) is 18.2. The SMILES string of the molecule is CNC(=O)c1ccc(Cc2cc(C)c(O/C=C3\C(=NC=O)CCC3C)c(Cl)c2C)cc1F. The highest BCUT2D eigenvalue weighted by Crippen LogP contribution is 2.36. The molecule has 1 saturated carbocycles. The molecular formula is C25H26ClFN2O3. The molecule has 3 rings (SSSR count). The van der Waals surface area contributed by atoms with E-state index in [9.17, 15) is 14.0 Å². The van der Waals surface area contributed by atoms with Crippen molar-refractivity contribution in [1.29, 1.82) is 0 Å². The van der Waals surface area contributed by atoms with Crippen molar-refractivity contribution in [2.75, 3.05) is 7.05 Å². The lowest BCUT2D eigenvalue weighted by Crippen LogP contribution is -2.19. The predicted molar refractivity (Wildman–Crippen MR) is 124 cm³/mol. The molecule has 0 radical (unpaired) electrons. The second-order valence-corrected chi connectivity index (χ2v) is 8.38. The lowest BCUT2D eigenvalue weighted by Gasteiger charge is -2.16. The van der Waals surface area contributed by atoms with Crippen molar-refractivity contribution in [3.63, 3.8) is 0 Å². The molecule has 2 aromatic rings. The van der Waals surface area contributed by atoms with Crippen LogP contribution in [0.2, 0.25) is 5.02 Å². The molecule has 1 unspecified atom stereocenters. The number of amides is 2. The van der Waals surface area contributed by atoms with E-state index in [-0.39, 0.29) is 11.5 Å². The maximum absolute atomic E-state index is 14.3. The maximum Gasteiger partial charge on any atom is 0.253 e. The van der Waals surface area contributed by atoms with Crippen molar-refractivity contribution in [3.8, 4) is 5.75 Å². The second-order valence-electron chi connectivity index (χ2n) is 8.00. The van der Waals surface area contributed by atoms with E-state index in [0.717, 1.165) is 46.4 Å². The molecule has 5 nitrogen and oxygen atoms in total. The molecule has 7 heteroatoms. The second kappa shape index (κ2) is 10.1. The molecule has 0 spiro atoms. The van der Waals surface area contributed by atoms with Crippen LogP contribution in [-0.2, 0) is 11.2 Å². The van der Waals surface area contributed by atoms with Gasteiger partial charge in [0.2, 0.25) is 6.41 Å². The molecule has 1 N–H and O–H groups in total. The molecule has 1 aliphatic carbocycles. The third kappa shape index (κ3) is 4.91. The van der Waals surface area contributed by atoms with Crippen LogP contribution in [-0.4, -0.2) is 25.1 Å². The number of carbonyl (C=O) groups is 2. The summed E-state index contributed by atoms with van der Waals surface area (Å²) in [5.41, 5.74) is 5.02. The quantitative estimate of drug-likeness (QED) is 0.471. The summed E-state index contributed by atoms with van der Waals surface area (Å²) in [7, 11) is 1.46. The van der Waals surface area contributed by atoms with Gasteiger partial charge in [0, 0.05) is 12.6 Å². The van der Waals surface area contributed by atoms with Gasteiger partial charge in [0.25, 0.3) is 5.91 Å². The van der Waals surface area contributed by atoms with E-state index in [4.69, 9.17) is 16.3 Å². The Balaban J connectivity index is 1.87. The van der Waals surface area contributed by atoms with Gasteiger partial charge >= 0.3 is 0 Å². The van der Waals surface area contributed by atoms with Crippen LogP contribution in [0.4, 0.5) is 4.39 Å². The number of hydrogen-bond donors (Lipinski definition) is 1. The molecule has 0 bridgehead atoms. The molecule has 1 fully saturated rings. The topological polar surface area (TPSA) is 67.8 Å². The van der Waals surface area contributed by atoms with Crippen LogP contribution in [0.5, 0.6) is 5.75 Å². The van der Waals surface area contributed by atoms with Crippen LogP contribution in [0.15, 0.2) is 41.1 Å². The van der Waals surface area contributed by atoms with E-state index in [0.29, 0.717) is 23.6 Å². The zero-order valence-electron chi connectivity index (χ0n) is 18.6. The number of carbonyl (C=O) groups excluding carboxylic acids is 2. The van der Waals surface area contributed by atoms with Crippen LogP contribution in [0.1, 0.15) is 52.4 Å². The Hall–Kier alpha value is -2.99. The Morgan fingerprint density at radius 1 is 1.34 bits per heavy atom. The Morgan fingerprint density at radius 2 is 2.09 bits per heavy atom. The summed E-state index contributed by atoms with van der Waals surface area (Å²) in [6.07, 6.45) is 4.32. The molecule has 168 valence electrons. The average molecular weight is 457 g/mol. The zero-order valence-corrected chi connectivity index (χ0v) is 19.3. The van der Waals surface area contributed by atoms with Gasteiger partial charge in [-0.2, -0.15) is 0 Å². The van der Waals surface area contributed by atoms with E-state index in [2.05, 4.69) is 17.2 Å². The minimum atomic E-state index is -0.563. The molecular weight excluding hydrogens is 431 g/mol. The first-order chi connectivity index (χ1) is 15.3. The van der Waals surface area contributed by atoms with Crippen molar-refractivity contribution in [1.82, 2.24) is 5.32 Å². The standard InChI is InChI=1S/C25H26ClFN2O3/c1-14-5-8-22(29-13-30)20(14)12-32-24-15(2)9-18(16(3)23(24)26)10-17-6-7-19(21(27)11-17)25(31)28-4/h6-7,9,11-14H,5,8,10H2,1-4H3,(H,28,31)/b20-12-,29-22?. The van der Waals surface area contributed by atoms with Gasteiger partial charge < -0.3 is 10.1 Å². The number of allylic oxidation sites excluding steroid dienone is 1. The smallest absolute Gasteiger partial charge is 0.253 e. The van der Waals surface area contributed by atoms with E-state index in [1.165, 1.54) is 19.2 Å². The number of rotatable bonds is 6. The summed E-state index contributed by atoms with van der Waals surface area (Å²) >= 11 is 6.64. The first-order valence-electron chi connectivity index (χ1n) is 10.4. The van der Waals surface area contributed by atoms with Crippen LogP contribution < -0.4 is 10.1 Å². The van der Waals surface area contributed by atoms with E-state index in [1.54, 1.807) is 12.3 Å². The summed E-state index contributed by atoms with van der Waals surface area (Å²) in [5.74, 6) is -0.225. The minimum absolute atomic E-state index is 0.0117. The first kappa shape index (κ1) is 23.7. The summed E-state index contributed by atoms with van der Waals surface area (Å²) in [6.45, 7) is 5.86. The number of hydrogen-bond acceptors (Lipinski definition) is 3. The number of benzene rings is 2. The van der Waals surface area contributed by atoms with Crippen LogP contribution >= 0.6 is 11.6 Å². The van der Waals surface area contributed by atoms with Crippen LogP contribution in [0.3, 0.4) is 0 Å². The average Bonchev–Trinajstić information content (AvgIpc) is 3.11.